The van der Waals surface area contributed by atoms with Crippen molar-refractivity contribution >= 4 is 23.4 Å². The number of halogens is 1. The van der Waals surface area contributed by atoms with Crippen LogP contribution < -0.4 is 10.1 Å². The smallest absolute Gasteiger partial charge is 0.222 e. The minimum absolute atomic E-state index is 0.000158. The summed E-state index contributed by atoms with van der Waals surface area (Å²) in [6.45, 7) is 2.44. The molecule has 0 unspecified atom stereocenters. The molecule has 1 fully saturated rings. The van der Waals surface area contributed by atoms with E-state index in [9.17, 15) is 9.59 Å². The lowest BCUT2D eigenvalue weighted by Gasteiger charge is -2.16. The van der Waals surface area contributed by atoms with E-state index in [0.717, 1.165) is 29.8 Å². The molecule has 28 heavy (non-hydrogen) atoms. The van der Waals surface area contributed by atoms with Crippen LogP contribution >= 0.6 is 11.6 Å². The summed E-state index contributed by atoms with van der Waals surface area (Å²) in [4.78, 5) is 25.7. The standard InChI is InChI=1S/C22H25ClN2O3/c23-19-8-10-20(11-9-19)28-13-3-6-21(26)24-15-17-4-1-5-18(14-17)16-25-12-2-7-22(25)27/h1,4-5,8-11,14H,2-3,6-7,12-13,15-16H2,(H,24,26). The zero-order chi connectivity index (χ0) is 19.8. The van der Waals surface area contributed by atoms with Crippen LogP contribution in [0.4, 0.5) is 0 Å². The van der Waals surface area contributed by atoms with Crippen molar-refractivity contribution in [3.63, 3.8) is 0 Å². The van der Waals surface area contributed by atoms with E-state index in [1.165, 1.54) is 0 Å². The number of nitrogens with zero attached hydrogens (tertiary/aromatic N) is 1. The van der Waals surface area contributed by atoms with Crippen molar-refractivity contribution in [1.82, 2.24) is 10.2 Å². The molecule has 3 rings (SSSR count). The topological polar surface area (TPSA) is 58.6 Å². The Morgan fingerprint density at radius 1 is 1.14 bits per heavy atom. The van der Waals surface area contributed by atoms with Gasteiger partial charge in [-0.1, -0.05) is 35.9 Å². The lowest BCUT2D eigenvalue weighted by atomic mass is 10.1. The summed E-state index contributed by atoms with van der Waals surface area (Å²) in [5.74, 6) is 0.970. The van der Waals surface area contributed by atoms with E-state index in [1.807, 2.05) is 35.2 Å². The first-order chi connectivity index (χ1) is 13.6. The van der Waals surface area contributed by atoms with Gasteiger partial charge < -0.3 is 15.0 Å². The molecule has 1 N–H and O–H groups in total. The minimum atomic E-state index is -0.000158. The van der Waals surface area contributed by atoms with E-state index in [2.05, 4.69) is 11.4 Å². The van der Waals surface area contributed by atoms with Crippen molar-refractivity contribution in [1.29, 1.82) is 0 Å². The summed E-state index contributed by atoms with van der Waals surface area (Å²) in [6.07, 6.45) is 2.65. The van der Waals surface area contributed by atoms with E-state index >= 15 is 0 Å². The normalized spacial score (nSPS) is 13.6. The summed E-state index contributed by atoms with van der Waals surface area (Å²) in [5, 5.41) is 3.61. The number of hydrogen-bond acceptors (Lipinski definition) is 3. The van der Waals surface area contributed by atoms with Gasteiger partial charge >= 0.3 is 0 Å². The molecule has 0 aliphatic carbocycles. The van der Waals surface area contributed by atoms with Crippen molar-refractivity contribution in [2.75, 3.05) is 13.2 Å². The van der Waals surface area contributed by atoms with Crippen LogP contribution in [0.2, 0.25) is 5.02 Å². The van der Waals surface area contributed by atoms with Crippen molar-refractivity contribution in [3.05, 3.63) is 64.7 Å². The lowest BCUT2D eigenvalue weighted by Crippen LogP contribution is -2.24. The van der Waals surface area contributed by atoms with Gasteiger partial charge in [0.05, 0.1) is 6.61 Å². The fourth-order valence-corrected chi connectivity index (χ4v) is 3.30. The van der Waals surface area contributed by atoms with Crippen molar-refractivity contribution in [2.24, 2.45) is 0 Å². The van der Waals surface area contributed by atoms with Gasteiger partial charge in [0.2, 0.25) is 11.8 Å². The van der Waals surface area contributed by atoms with Crippen LogP contribution in [0, 0.1) is 0 Å². The molecular weight excluding hydrogens is 376 g/mol. The summed E-state index contributed by atoms with van der Waals surface area (Å²) in [5.41, 5.74) is 2.13. The van der Waals surface area contributed by atoms with Crippen molar-refractivity contribution in [2.45, 2.75) is 38.8 Å². The highest BCUT2D eigenvalue weighted by Crippen LogP contribution is 2.16. The van der Waals surface area contributed by atoms with Crippen LogP contribution in [0.3, 0.4) is 0 Å². The third-order valence-corrected chi connectivity index (χ3v) is 4.91. The van der Waals surface area contributed by atoms with Crippen LogP contribution in [0.5, 0.6) is 5.75 Å². The van der Waals surface area contributed by atoms with E-state index in [0.29, 0.717) is 44.0 Å². The van der Waals surface area contributed by atoms with Crippen molar-refractivity contribution in [3.8, 4) is 5.75 Å². The highest BCUT2D eigenvalue weighted by molar-refractivity contribution is 6.30. The molecule has 2 aromatic carbocycles. The van der Waals surface area contributed by atoms with E-state index in [1.54, 1.807) is 12.1 Å². The zero-order valence-corrected chi connectivity index (χ0v) is 16.6. The Bertz CT molecular complexity index is 808. The number of likely N-dealkylation sites (tertiary alicyclic amines) is 1. The average Bonchev–Trinajstić information content (AvgIpc) is 3.10. The Balaban J connectivity index is 1.36. The van der Waals surface area contributed by atoms with Gasteiger partial charge in [-0.05, 0) is 48.2 Å². The fraction of sp³-hybridized carbons (Fsp3) is 0.364. The predicted molar refractivity (Wildman–Crippen MR) is 109 cm³/mol. The Morgan fingerprint density at radius 3 is 2.68 bits per heavy atom. The van der Waals surface area contributed by atoms with Gasteiger partial charge in [-0.25, -0.2) is 0 Å². The van der Waals surface area contributed by atoms with Crippen molar-refractivity contribution < 1.29 is 14.3 Å². The largest absolute Gasteiger partial charge is 0.494 e. The van der Waals surface area contributed by atoms with Gasteiger partial charge in [-0.2, -0.15) is 0 Å². The molecule has 6 heteroatoms. The molecule has 0 radical (unpaired) electrons. The molecule has 1 saturated heterocycles. The molecule has 148 valence electrons. The highest BCUT2D eigenvalue weighted by Gasteiger charge is 2.19. The number of carbonyl (C=O) groups is 2. The molecule has 1 aliphatic heterocycles. The summed E-state index contributed by atoms with van der Waals surface area (Å²) in [7, 11) is 0. The number of benzene rings is 2. The predicted octanol–water partition coefficient (Wildman–Crippen LogP) is 3.94. The number of carbonyl (C=O) groups excluding carboxylic acids is 2. The van der Waals surface area contributed by atoms with Gasteiger partial charge in [-0.15, -0.1) is 0 Å². The molecule has 1 heterocycles. The zero-order valence-electron chi connectivity index (χ0n) is 15.8. The maximum Gasteiger partial charge on any atom is 0.222 e. The third-order valence-electron chi connectivity index (χ3n) is 4.66. The quantitative estimate of drug-likeness (QED) is 0.648. The third kappa shape index (κ3) is 6.27. The van der Waals surface area contributed by atoms with Crippen LogP contribution in [0.25, 0.3) is 0 Å². The first kappa shape index (κ1) is 20.2. The van der Waals surface area contributed by atoms with Crippen LogP contribution in [-0.2, 0) is 22.7 Å². The van der Waals surface area contributed by atoms with E-state index in [-0.39, 0.29) is 11.8 Å². The monoisotopic (exact) mass is 400 g/mol. The molecule has 2 aromatic rings. The molecule has 0 saturated carbocycles. The highest BCUT2D eigenvalue weighted by atomic mass is 35.5. The molecule has 0 aromatic heterocycles. The molecular formula is C22H25ClN2O3. The molecule has 0 atom stereocenters. The van der Waals surface area contributed by atoms with Crippen LogP contribution in [0.15, 0.2) is 48.5 Å². The average molecular weight is 401 g/mol. The second-order valence-electron chi connectivity index (χ2n) is 6.92. The van der Waals surface area contributed by atoms with Gasteiger partial charge in [0.15, 0.2) is 0 Å². The Hall–Kier alpha value is -2.53. The second kappa shape index (κ2) is 10.1. The summed E-state index contributed by atoms with van der Waals surface area (Å²) in [6, 6.07) is 15.2. The molecule has 5 nitrogen and oxygen atoms in total. The Morgan fingerprint density at radius 2 is 1.93 bits per heavy atom. The van der Waals surface area contributed by atoms with E-state index < -0.39 is 0 Å². The molecule has 0 bridgehead atoms. The van der Waals surface area contributed by atoms with Crippen LogP contribution in [-0.4, -0.2) is 29.9 Å². The maximum atomic E-state index is 12.0. The summed E-state index contributed by atoms with van der Waals surface area (Å²) < 4.78 is 5.59. The second-order valence-corrected chi connectivity index (χ2v) is 7.36. The number of hydrogen-bond donors (Lipinski definition) is 1. The number of amides is 2. The fourth-order valence-electron chi connectivity index (χ4n) is 3.17. The van der Waals surface area contributed by atoms with Gasteiger partial charge in [-0.3, -0.25) is 9.59 Å². The Labute approximate surface area is 170 Å². The first-order valence-electron chi connectivity index (χ1n) is 9.61. The number of rotatable bonds is 9. The van der Waals surface area contributed by atoms with Crippen LogP contribution in [0.1, 0.15) is 36.8 Å². The molecule has 0 spiro atoms. The van der Waals surface area contributed by atoms with Gasteiger partial charge in [0.1, 0.15) is 5.75 Å². The molecule has 1 aliphatic rings. The minimum Gasteiger partial charge on any atom is -0.494 e. The lowest BCUT2D eigenvalue weighted by molar-refractivity contribution is -0.128. The Kier molecular flexibility index (Phi) is 7.31. The number of nitrogens with one attached hydrogen (secondary N) is 1. The SMILES string of the molecule is O=C(CCCOc1ccc(Cl)cc1)NCc1cccc(CN2CCCC2=O)c1. The summed E-state index contributed by atoms with van der Waals surface area (Å²) >= 11 is 5.83. The van der Waals surface area contributed by atoms with Gasteiger partial charge in [0, 0.05) is 37.5 Å². The van der Waals surface area contributed by atoms with Gasteiger partial charge in [0.25, 0.3) is 0 Å². The maximum absolute atomic E-state index is 12.0. The molecule has 2 amide bonds. The van der Waals surface area contributed by atoms with E-state index in [4.69, 9.17) is 16.3 Å². The first-order valence-corrected chi connectivity index (χ1v) is 9.98. The number of ether oxygens (including phenoxy) is 1.